The zero-order valence-electron chi connectivity index (χ0n) is 13.3. The van der Waals surface area contributed by atoms with E-state index in [0.29, 0.717) is 19.0 Å². The summed E-state index contributed by atoms with van der Waals surface area (Å²) in [4.78, 5) is 25.8. The summed E-state index contributed by atoms with van der Waals surface area (Å²) in [6.45, 7) is 3.04. The number of carbonyl (C=O) groups is 2. The molecule has 1 heterocycles. The van der Waals surface area contributed by atoms with Crippen LogP contribution in [0.15, 0.2) is 29.2 Å². The summed E-state index contributed by atoms with van der Waals surface area (Å²) in [6, 6.07) is 5.82. The standard InChI is InChI=1S/C16H21NO5S/c1-12-6-5-9-17(10-12)15(18)11-22-16(19)13-7-3-4-8-14(13)23(2,20)21/h3-4,7-8,12H,5-6,9-11H2,1-2H3. The third-order valence-electron chi connectivity index (χ3n) is 3.84. The summed E-state index contributed by atoms with van der Waals surface area (Å²) in [5.74, 6) is -0.611. The van der Waals surface area contributed by atoms with Crippen molar-refractivity contribution >= 4 is 21.7 Å². The van der Waals surface area contributed by atoms with Crippen molar-refractivity contribution in [3.63, 3.8) is 0 Å². The molecule has 1 aliphatic heterocycles. The molecule has 1 amide bonds. The number of hydrogen-bond acceptors (Lipinski definition) is 5. The average molecular weight is 339 g/mol. The number of sulfone groups is 1. The van der Waals surface area contributed by atoms with E-state index in [4.69, 9.17) is 4.74 Å². The van der Waals surface area contributed by atoms with Crippen LogP contribution in [-0.4, -0.2) is 51.1 Å². The maximum atomic E-state index is 12.1. The first-order chi connectivity index (χ1) is 10.8. The van der Waals surface area contributed by atoms with Crippen LogP contribution in [0.4, 0.5) is 0 Å². The third kappa shape index (κ3) is 4.54. The smallest absolute Gasteiger partial charge is 0.339 e. The number of ether oxygens (including phenoxy) is 1. The van der Waals surface area contributed by atoms with Crippen molar-refractivity contribution in [3.05, 3.63) is 29.8 Å². The van der Waals surface area contributed by atoms with Gasteiger partial charge in [-0.3, -0.25) is 4.79 Å². The van der Waals surface area contributed by atoms with E-state index in [-0.39, 0.29) is 23.0 Å². The highest BCUT2D eigenvalue weighted by atomic mass is 32.2. The molecule has 23 heavy (non-hydrogen) atoms. The van der Waals surface area contributed by atoms with Crippen molar-refractivity contribution in [3.8, 4) is 0 Å². The molecular formula is C16H21NO5S. The van der Waals surface area contributed by atoms with Crippen molar-refractivity contribution in [1.29, 1.82) is 0 Å². The molecule has 126 valence electrons. The molecule has 1 unspecified atom stereocenters. The molecule has 0 radical (unpaired) electrons. The molecule has 0 spiro atoms. The highest BCUT2D eigenvalue weighted by Gasteiger charge is 2.24. The van der Waals surface area contributed by atoms with Gasteiger partial charge in [0.05, 0.1) is 10.5 Å². The minimum Gasteiger partial charge on any atom is -0.452 e. The van der Waals surface area contributed by atoms with E-state index >= 15 is 0 Å². The summed E-state index contributed by atoms with van der Waals surface area (Å²) >= 11 is 0. The van der Waals surface area contributed by atoms with Crippen molar-refractivity contribution in [2.45, 2.75) is 24.7 Å². The van der Waals surface area contributed by atoms with Crippen molar-refractivity contribution in [2.75, 3.05) is 26.0 Å². The van der Waals surface area contributed by atoms with Crippen LogP contribution >= 0.6 is 0 Å². The molecule has 1 atom stereocenters. The second-order valence-corrected chi connectivity index (χ2v) is 7.92. The maximum Gasteiger partial charge on any atom is 0.339 e. The quantitative estimate of drug-likeness (QED) is 0.777. The van der Waals surface area contributed by atoms with Gasteiger partial charge in [0.1, 0.15) is 0 Å². The Morgan fingerprint density at radius 2 is 2.00 bits per heavy atom. The molecule has 1 aromatic rings. The van der Waals surface area contributed by atoms with Crippen molar-refractivity contribution in [2.24, 2.45) is 5.92 Å². The first kappa shape index (κ1) is 17.5. The number of piperidine rings is 1. The van der Waals surface area contributed by atoms with Crippen molar-refractivity contribution in [1.82, 2.24) is 4.90 Å². The molecule has 1 aromatic carbocycles. The molecule has 1 aliphatic rings. The lowest BCUT2D eigenvalue weighted by atomic mass is 10.0. The summed E-state index contributed by atoms with van der Waals surface area (Å²) < 4.78 is 28.4. The molecule has 0 aliphatic carbocycles. The van der Waals surface area contributed by atoms with Gasteiger partial charge in [-0.05, 0) is 30.9 Å². The number of amides is 1. The number of carbonyl (C=O) groups excluding carboxylic acids is 2. The van der Waals surface area contributed by atoms with E-state index in [2.05, 4.69) is 6.92 Å². The summed E-state index contributed by atoms with van der Waals surface area (Å²) in [6.07, 6.45) is 3.06. The van der Waals surface area contributed by atoms with E-state index in [1.165, 1.54) is 18.2 Å². The SMILES string of the molecule is CC1CCCN(C(=O)COC(=O)c2ccccc2S(C)(=O)=O)C1. The van der Waals surface area contributed by atoms with Crippen LogP contribution in [0.3, 0.4) is 0 Å². The average Bonchev–Trinajstić information content (AvgIpc) is 2.51. The van der Waals surface area contributed by atoms with Gasteiger partial charge in [0, 0.05) is 19.3 Å². The number of hydrogen-bond donors (Lipinski definition) is 0. The molecule has 1 fully saturated rings. The predicted molar refractivity (Wildman–Crippen MR) is 84.8 cm³/mol. The molecule has 0 saturated carbocycles. The largest absolute Gasteiger partial charge is 0.452 e. The first-order valence-electron chi connectivity index (χ1n) is 7.53. The van der Waals surface area contributed by atoms with Gasteiger partial charge in [-0.15, -0.1) is 0 Å². The van der Waals surface area contributed by atoms with Crippen LogP contribution in [0.1, 0.15) is 30.1 Å². The van der Waals surface area contributed by atoms with E-state index in [9.17, 15) is 18.0 Å². The fraction of sp³-hybridized carbons (Fsp3) is 0.500. The number of esters is 1. The Kier molecular flexibility index (Phi) is 5.41. The van der Waals surface area contributed by atoms with E-state index in [1.807, 2.05) is 0 Å². The van der Waals surface area contributed by atoms with Gasteiger partial charge >= 0.3 is 5.97 Å². The number of benzene rings is 1. The van der Waals surface area contributed by atoms with Gasteiger partial charge in [0.25, 0.3) is 5.91 Å². The Hall–Kier alpha value is -1.89. The second kappa shape index (κ2) is 7.12. The molecule has 2 rings (SSSR count). The van der Waals surface area contributed by atoms with E-state index < -0.39 is 15.8 Å². The van der Waals surface area contributed by atoms with Gasteiger partial charge in [-0.25, -0.2) is 13.2 Å². The Labute approximate surface area is 136 Å². The molecule has 0 aromatic heterocycles. The van der Waals surface area contributed by atoms with Gasteiger partial charge in [-0.1, -0.05) is 19.1 Å². The van der Waals surface area contributed by atoms with Crippen LogP contribution in [0.2, 0.25) is 0 Å². The molecule has 0 N–H and O–H groups in total. The maximum absolute atomic E-state index is 12.1. The second-order valence-electron chi connectivity index (χ2n) is 5.93. The lowest BCUT2D eigenvalue weighted by Crippen LogP contribution is -2.41. The van der Waals surface area contributed by atoms with Gasteiger partial charge in [-0.2, -0.15) is 0 Å². The van der Waals surface area contributed by atoms with Crippen LogP contribution < -0.4 is 0 Å². The van der Waals surface area contributed by atoms with Gasteiger partial charge in [0.2, 0.25) is 0 Å². The monoisotopic (exact) mass is 339 g/mol. The van der Waals surface area contributed by atoms with E-state index in [1.54, 1.807) is 11.0 Å². The Balaban J connectivity index is 2.02. The fourth-order valence-corrected chi connectivity index (χ4v) is 3.55. The van der Waals surface area contributed by atoms with Gasteiger partial charge in [0.15, 0.2) is 16.4 Å². The lowest BCUT2D eigenvalue weighted by molar-refractivity contribution is -0.136. The van der Waals surface area contributed by atoms with Crippen LogP contribution in [0.5, 0.6) is 0 Å². The summed E-state index contributed by atoms with van der Waals surface area (Å²) in [7, 11) is -3.54. The molecule has 0 bridgehead atoms. The van der Waals surface area contributed by atoms with Crippen LogP contribution in [-0.2, 0) is 19.4 Å². The van der Waals surface area contributed by atoms with E-state index in [0.717, 1.165) is 19.1 Å². The minimum atomic E-state index is -3.54. The molecule has 1 saturated heterocycles. The van der Waals surface area contributed by atoms with Crippen LogP contribution in [0.25, 0.3) is 0 Å². The summed E-state index contributed by atoms with van der Waals surface area (Å²) in [5.41, 5.74) is -0.0465. The lowest BCUT2D eigenvalue weighted by Gasteiger charge is -2.30. The van der Waals surface area contributed by atoms with Gasteiger partial charge < -0.3 is 9.64 Å². The molecule has 6 nitrogen and oxygen atoms in total. The zero-order valence-corrected chi connectivity index (χ0v) is 14.1. The number of nitrogens with zero attached hydrogens (tertiary/aromatic N) is 1. The molecule has 7 heteroatoms. The molecular weight excluding hydrogens is 318 g/mol. The van der Waals surface area contributed by atoms with Crippen LogP contribution in [0, 0.1) is 5.92 Å². The zero-order chi connectivity index (χ0) is 17.0. The highest BCUT2D eigenvalue weighted by Crippen LogP contribution is 2.17. The highest BCUT2D eigenvalue weighted by molar-refractivity contribution is 7.90. The van der Waals surface area contributed by atoms with Crippen molar-refractivity contribution < 1.29 is 22.7 Å². The first-order valence-corrected chi connectivity index (χ1v) is 9.42. The topological polar surface area (TPSA) is 80.8 Å². The normalized spacial score (nSPS) is 18.5. The number of rotatable bonds is 4. The Bertz CT molecular complexity index is 698. The fourth-order valence-electron chi connectivity index (χ4n) is 2.67. The third-order valence-corrected chi connectivity index (χ3v) is 5.00. The predicted octanol–water partition coefficient (Wildman–Crippen LogP) is 1.51. The Morgan fingerprint density at radius 3 is 2.65 bits per heavy atom. The number of likely N-dealkylation sites (tertiary alicyclic amines) is 1. The Morgan fingerprint density at radius 1 is 1.30 bits per heavy atom. The minimum absolute atomic E-state index is 0.0465. The summed E-state index contributed by atoms with van der Waals surface area (Å²) in [5, 5.41) is 0.